The lowest BCUT2D eigenvalue weighted by Crippen LogP contribution is -2.58. The van der Waals surface area contributed by atoms with Crippen molar-refractivity contribution in [2.24, 2.45) is 0 Å². The number of likely N-dealkylation sites (tertiary alicyclic amines) is 1. The molecule has 1 unspecified atom stereocenters. The lowest BCUT2D eigenvalue weighted by atomic mass is 9.99. The molecule has 18 heavy (non-hydrogen) atoms. The van der Waals surface area contributed by atoms with Crippen LogP contribution in [-0.2, 0) is 9.53 Å². The van der Waals surface area contributed by atoms with Crippen molar-refractivity contribution in [3.8, 4) is 0 Å². The van der Waals surface area contributed by atoms with Crippen LogP contribution in [0.25, 0.3) is 0 Å². The molecule has 0 aromatic heterocycles. The van der Waals surface area contributed by atoms with Crippen LogP contribution in [0.3, 0.4) is 0 Å². The van der Waals surface area contributed by atoms with E-state index in [-0.39, 0.29) is 5.97 Å². The minimum atomic E-state index is -0.533. The number of hydrogen-bond acceptors (Lipinski definition) is 4. The normalized spacial score (nSPS) is 24.6. The maximum atomic E-state index is 12.2. The number of ether oxygens (including phenoxy) is 1. The molecule has 2 aliphatic rings. The van der Waals surface area contributed by atoms with E-state index in [0.29, 0.717) is 12.6 Å². The standard InChI is InChI=1S/C14H26N2O2/c1-3-18-13(17)14(2,15-12-7-8-12)11-16-9-5-4-6-10-16/h12,15H,3-11H2,1-2H3. The lowest BCUT2D eigenvalue weighted by Gasteiger charge is -2.36. The molecule has 1 saturated carbocycles. The summed E-state index contributed by atoms with van der Waals surface area (Å²) in [7, 11) is 0. The van der Waals surface area contributed by atoms with Gasteiger partial charge in [0.2, 0.25) is 0 Å². The van der Waals surface area contributed by atoms with Gasteiger partial charge in [0, 0.05) is 12.6 Å². The summed E-state index contributed by atoms with van der Waals surface area (Å²) in [5.41, 5.74) is -0.533. The van der Waals surface area contributed by atoms with Gasteiger partial charge in [-0.15, -0.1) is 0 Å². The smallest absolute Gasteiger partial charge is 0.327 e. The zero-order chi connectivity index (χ0) is 13.0. The van der Waals surface area contributed by atoms with Crippen LogP contribution >= 0.6 is 0 Å². The number of carbonyl (C=O) groups is 1. The second kappa shape index (κ2) is 6.02. The first-order chi connectivity index (χ1) is 8.64. The highest BCUT2D eigenvalue weighted by molar-refractivity contribution is 5.80. The van der Waals surface area contributed by atoms with E-state index in [1.165, 1.54) is 32.1 Å². The van der Waals surface area contributed by atoms with E-state index >= 15 is 0 Å². The Morgan fingerprint density at radius 2 is 2.00 bits per heavy atom. The topological polar surface area (TPSA) is 41.6 Å². The van der Waals surface area contributed by atoms with Gasteiger partial charge in [-0.25, -0.2) is 0 Å². The molecule has 1 atom stereocenters. The van der Waals surface area contributed by atoms with Gasteiger partial charge < -0.3 is 9.64 Å². The fourth-order valence-electron chi connectivity index (χ4n) is 2.70. The first kappa shape index (κ1) is 13.8. The van der Waals surface area contributed by atoms with Crippen molar-refractivity contribution in [1.29, 1.82) is 0 Å². The number of nitrogens with one attached hydrogen (secondary N) is 1. The fraction of sp³-hybridized carbons (Fsp3) is 0.929. The molecule has 1 N–H and O–H groups in total. The largest absolute Gasteiger partial charge is 0.465 e. The van der Waals surface area contributed by atoms with E-state index in [1.54, 1.807) is 0 Å². The Balaban J connectivity index is 1.95. The van der Waals surface area contributed by atoms with E-state index in [0.717, 1.165) is 19.6 Å². The number of piperidine rings is 1. The lowest BCUT2D eigenvalue weighted by molar-refractivity contribution is -0.151. The third kappa shape index (κ3) is 3.69. The molecule has 1 heterocycles. The summed E-state index contributed by atoms with van der Waals surface area (Å²) in [6, 6.07) is 0.518. The molecule has 0 aromatic carbocycles. The van der Waals surface area contributed by atoms with Crippen LogP contribution in [0.2, 0.25) is 0 Å². The minimum absolute atomic E-state index is 0.0949. The van der Waals surface area contributed by atoms with Gasteiger partial charge in [0.15, 0.2) is 0 Å². The number of esters is 1. The maximum absolute atomic E-state index is 12.2. The fourth-order valence-corrected chi connectivity index (χ4v) is 2.70. The van der Waals surface area contributed by atoms with Crippen molar-refractivity contribution in [2.45, 2.75) is 57.5 Å². The van der Waals surface area contributed by atoms with E-state index in [4.69, 9.17) is 4.74 Å². The highest BCUT2D eigenvalue weighted by atomic mass is 16.5. The molecule has 0 spiro atoms. The Hall–Kier alpha value is -0.610. The van der Waals surface area contributed by atoms with Crippen molar-refractivity contribution in [3.05, 3.63) is 0 Å². The summed E-state index contributed by atoms with van der Waals surface area (Å²) in [5.74, 6) is -0.0949. The molecule has 2 fully saturated rings. The number of nitrogens with zero attached hydrogens (tertiary/aromatic N) is 1. The van der Waals surface area contributed by atoms with Gasteiger partial charge in [-0.3, -0.25) is 10.1 Å². The zero-order valence-electron chi connectivity index (χ0n) is 11.7. The molecule has 0 aromatic rings. The Kier molecular flexibility index (Phi) is 4.62. The van der Waals surface area contributed by atoms with Gasteiger partial charge in [0.1, 0.15) is 5.54 Å². The summed E-state index contributed by atoms with van der Waals surface area (Å²) in [6.07, 6.45) is 6.21. The number of hydrogen-bond donors (Lipinski definition) is 1. The van der Waals surface area contributed by atoms with Crippen molar-refractivity contribution in [3.63, 3.8) is 0 Å². The first-order valence-electron chi connectivity index (χ1n) is 7.31. The predicted octanol–water partition coefficient (Wildman–Crippen LogP) is 1.55. The highest BCUT2D eigenvalue weighted by Gasteiger charge is 2.41. The minimum Gasteiger partial charge on any atom is -0.465 e. The molecule has 1 aliphatic carbocycles. The summed E-state index contributed by atoms with van der Waals surface area (Å²) in [4.78, 5) is 14.6. The quantitative estimate of drug-likeness (QED) is 0.730. The molecular weight excluding hydrogens is 228 g/mol. The number of rotatable bonds is 6. The second-order valence-electron chi connectivity index (χ2n) is 5.81. The SMILES string of the molecule is CCOC(=O)C(C)(CN1CCCCC1)NC1CC1. The van der Waals surface area contributed by atoms with Gasteiger partial charge in [-0.05, 0) is 52.6 Å². The first-order valence-corrected chi connectivity index (χ1v) is 7.31. The predicted molar refractivity (Wildman–Crippen MR) is 71.5 cm³/mol. The molecule has 0 bridgehead atoms. The van der Waals surface area contributed by atoms with Crippen molar-refractivity contribution >= 4 is 5.97 Å². The average Bonchev–Trinajstić information content (AvgIpc) is 3.14. The summed E-state index contributed by atoms with van der Waals surface area (Å²) < 4.78 is 5.25. The van der Waals surface area contributed by atoms with Crippen LogP contribution in [0, 0.1) is 0 Å². The zero-order valence-corrected chi connectivity index (χ0v) is 11.7. The molecule has 4 nitrogen and oxygen atoms in total. The van der Waals surface area contributed by atoms with Crippen LogP contribution < -0.4 is 5.32 Å². The van der Waals surface area contributed by atoms with Crippen LogP contribution in [0.4, 0.5) is 0 Å². The molecular formula is C14H26N2O2. The summed E-state index contributed by atoms with van der Waals surface area (Å²) in [6.45, 7) is 7.33. The third-order valence-corrected chi connectivity index (χ3v) is 3.81. The molecule has 104 valence electrons. The Morgan fingerprint density at radius 3 is 2.56 bits per heavy atom. The molecule has 4 heteroatoms. The van der Waals surface area contributed by atoms with E-state index in [2.05, 4.69) is 10.2 Å². The van der Waals surface area contributed by atoms with Crippen molar-refractivity contribution < 1.29 is 9.53 Å². The highest BCUT2D eigenvalue weighted by Crippen LogP contribution is 2.24. The number of carbonyl (C=O) groups excluding carboxylic acids is 1. The van der Waals surface area contributed by atoms with E-state index in [1.807, 2.05) is 13.8 Å². The van der Waals surface area contributed by atoms with Crippen LogP contribution in [0.5, 0.6) is 0 Å². The molecule has 2 rings (SSSR count). The maximum Gasteiger partial charge on any atom is 0.327 e. The molecule has 0 radical (unpaired) electrons. The average molecular weight is 254 g/mol. The summed E-state index contributed by atoms with van der Waals surface area (Å²) in [5, 5.41) is 3.48. The van der Waals surface area contributed by atoms with Gasteiger partial charge in [0.05, 0.1) is 6.61 Å². The third-order valence-electron chi connectivity index (χ3n) is 3.81. The van der Waals surface area contributed by atoms with Gasteiger partial charge in [-0.2, -0.15) is 0 Å². The van der Waals surface area contributed by atoms with E-state index in [9.17, 15) is 4.79 Å². The summed E-state index contributed by atoms with van der Waals surface area (Å²) >= 11 is 0. The second-order valence-corrected chi connectivity index (χ2v) is 5.81. The van der Waals surface area contributed by atoms with E-state index < -0.39 is 5.54 Å². The van der Waals surface area contributed by atoms with Gasteiger partial charge in [-0.1, -0.05) is 6.42 Å². The monoisotopic (exact) mass is 254 g/mol. The Labute approximate surface area is 110 Å². The van der Waals surface area contributed by atoms with Crippen LogP contribution in [0.1, 0.15) is 46.0 Å². The molecule has 1 aliphatic heterocycles. The van der Waals surface area contributed by atoms with Crippen LogP contribution in [-0.4, -0.2) is 48.7 Å². The molecule has 0 amide bonds. The van der Waals surface area contributed by atoms with Crippen molar-refractivity contribution in [1.82, 2.24) is 10.2 Å². The van der Waals surface area contributed by atoms with Crippen LogP contribution in [0.15, 0.2) is 0 Å². The van der Waals surface area contributed by atoms with Crippen molar-refractivity contribution in [2.75, 3.05) is 26.2 Å². The molecule has 1 saturated heterocycles. The Bertz CT molecular complexity index is 286. The Morgan fingerprint density at radius 1 is 1.33 bits per heavy atom. The van der Waals surface area contributed by atoms with Gasteiger partial charge >= 0.3 is 5.97 Å². The van der Waals surface area contributed by atoms with Gasteiger partial charge in [0.25, 0.3) is 0 Å².